The van der Waals surface area contributed by atoms with Crippen LogP contribution in [0.3, 0.4) is 0 Å². The minimum absolute atomic E-state index is 0.0554. The quantitative estimate of drug-likeness (QED) is 0.197. The van der Waals surface area contributed by atoms with E-state index in [0.717, 1.165) is 11.3 Å². The van der Waals surface area contributed by atoms with Crippen LogP contribution in [0.1, 0.15) is 16.6 Å². The third-order valence-electron chi connectivity index (χ3n) is 2.00. The molecule has 1 aromatic rings. The third kappa shape index (κ3) is 2.83. The van der Waals surface area contributed by atoms with Crippen LogP contribution in [0.25, 0.3) is 20.9 Å². The largest absolute Gasteiger partial charge is 0.465 e. The van der Waals surface area contributed by atoms with Crippen LogP contribution in [0.4, 0.5) is 0 Å². The van der Waals surface area contributed by atoms with E-state index in [2.05, 4.69) is 24.8 Å². The van der Waals surface area contributed by atoms with Crippen LogP contribution in [0.15, 0.2) is 27.7 Å². The molecule has 0 N–H and O–H groups in total. The minimum Gasteiger partial charge on any atom is -0.465 e. The molecular weight excluding hydrogens is 272 g/mol. The highest BCUT2D eigenvalue weighted by molar-refractivity contribution is 7.12. The summed E-state index contributed by atoms with van der Waals surface area (Å²) >= 11 is 1.02. The van der Waals surface area contributed by atoms with Crippen LogP contribution < -0.4 is 0 Å². The minimum atomic E-state index is -2.58. The fourth-order valence-corrected chi connectivity index (χ4v) is 1.94. The number of carbonyl (C=O) groups excluding carboxylic acids is 2. The highest BCUT2D eigenvalue weighted by atomic mass is 32.1. The smallest absolute Gasteiger partial charge is 0.332 e. The molecule has 1 heterocycles. The maximum atomic E-state index is 12.2. The average Bonchev–Trinajstić information content (AvgIpc) is 2.91. The number of thiophene rings is 1. The molecule has 0 fully saturated rings. The standard InChI is InChI=1S/C9H8N6O3S/c1-2-18-8(17)9(12-14-10,13-15-11)7(16)6-4-3-5-19-6/h3-5H,2H2,1H3. The summed E-state index contributed by atoms with van der Waals surface area (Å²) in [5.74, 6) is -2.12. The van der Waals surface area contributed by atoms with Crippen molar-refractivity contribution in [1.82, 2.24) is 0 Å². The maximum Gasteiger partial charge on any atom is 0.332 e. The molecule has 1 aromatic heterocycles. The summed E-state index contributed by atoms with van der Waals surface area (Å²) in [6.07, 6.45) is 0. The van der Waals surface area contributed by atoms with Crippen LogP contribution in [-0.2, 0) is 9.53 Å². The lowest BCUT2D eigenvalue weighted by atomic mass is 10.1. The van der Waals surface area contributed by atoms with Gasteiger partial charge in [-0.05, 0) is 29.4 Å². The normalized spacial score (nSPS) is 12.5. The van der Waals surface area contributed by atoms with Gasteiger partial charge in [-0.25, -0.2) is 0 Å². The van der Waals surface area contributed by atoms with Crippen molar-refractivity contribution in [1.29, 1.82) is 0 Å². The van der Waals surface area contributed by atoms with Crippen molar-refractivity contribution in [3.63, 3.8) is 0 Å². The predicted octanol–water partition coefficient (Wildman–Crippen LogP) is 2.81. The Morgan fingerprint density at radius 2 is 2.05 bits per heavy atom. The molecule has 0 amide bonds. The van der Waals surface area contributed by atoms with Crippen molar-refractivity contribution < 1.29 is 14.3 Å². The van der Waals surface area contributed by atoms with Crippen LogP contribution in [-0.4, -0.2) is 24.0 Å². The lowest BCUT2D eigenvalue weighted by molar-refractivity contribution is -0.147. The first kappa shape index (κ1) is 14.5. The Bertz CT molecular complexity index is 553. The third-order valence-corrected chi connectivity index (χ3v) is 2.87. The SMILES string of the molecule is CCOC(=O)C(N=[N+]=[N-])(N=[N+]=[N-])C(=O)c1cccs1. The molecule has 0 aliphatic rings. The zero-order valence-corrected chi connectivity index (χ0v) is 10.6. The number of hydrogen-bond acceptors (Lipinski definition) is 6. The van der Waals surface area contributed by atoms with E-state index in [1.165, 1.54) is 13.0 Å². The monoisotopic (exact) mass is 280 g/mol. The van der Waals surface area contributed by atoms with Crippen molar-refractivity contribution in [3.05, 3.63) is 43.3 Å². The lowest BCUT2D eigenvalue weighted by Crippen LogP contribution is -2.43. The fourth-order valence-electron chi connectivity index (χ4n) is 1.23. The van der Waals surface area contributed by atoms with E-state index < -0.39 is 17.4 Å². The van der Waals surface area contributed by atoms with Gasteiger partial charge in [-0.15, -0.1) is 11.3 Å². The van der Waals surface area contributed by atoms with Crippen molar-refractivity contribution >= 4 is 23.1 Å². The van der Waals surface area contributed by atoms with E-state index in [4.69, 9.17) is 11.1 Å². The van der Waals surface area contributed by atoms with Crippen molar-refractivity contribution in [2.45, 2.75) is 12.6 Å². The van der Waals surface area contributed by atoms with Crippen molar-refractivity contribution in [2.24, 2.45) is 10.2 Å². The molecule has 19 heavy (non-hydrogen) atoms. The van der Waals surface area contributed by atoms with E-state index in [0.29, 0.717) is 0 Å². The molecule has 0 atom stereocenters. The molecule has 0 radical (unpaired) electrons. The molecule has 1 rings (SSSR count). The molecule has 0 aromatic carbocycles. The second-order valence-electron chi connectivity index (χ2n) is 3.08. The summed E-state index contributed by atoms with van der Waals surface area (Å²) in [4.78, 5) is 28.9. The number of ether oxygens (including phenoxy) is 1. The Kier molecular flexibility index (Phi) is 4.90. The van der Waals surface area contributed by atoms with Gasteiger partial charge in [0.2, 0.25) is 5.78 Å². The fraction of sp³-hybridized carbons (Fsp3) is 0.333. The van der Waals surface area contributed by atoms with E-state index in [1.807, 2.05) is 0 Å². The summed E-state index contributed by atoms with van der Waals surface area (Å²) in [5, 5.41) is 7.72. The number of ketones is 1. The first-order valence-corrected chi connectivity index (χ1v) is 5.88. The van der Waals surface area contributed by atoms with Gasteiger partial charge in [0, 0.05) is 9.82 Å². The van der Waals surface area contributed by atoms with Gasteiger partial charge in [-0.1, -0.05) is 16.3 Å². The van der Waals surface area contributed by atoms with E-state index in [9.17, 15) is 9.59 Å². The Morgan fingerprint density at radius 3 is 2.47 bits per heavy atom. The Morgan fingerprint density at radius 1 is 1.42 bits per heavy atom. The first-order valence-electron chi connectivity index (χ1n) is 5.00. The van der Waals surface area contributed by atoms with Crippen LogP contribution in [0, 0.1) is 0 Å². The number of esters is 1. The Hall–Kier alpha value is -2.54. The van der Waals surface area contributed by atoms with Gasteiger partial charge >= 0.3 is 5.97 Å². The predicted molar refractivity (Wildman–Crippen MR) is 66.3 cm³/mol. The second kappa shape index (κ2) is 6.41. The zero-order valence-electron chi connectivity index (χ0n) is 9.76. The number of nitrogens with zero attached hydrogens (tertiary/aromatic N) is 6. The topological polar surface area (TPSA) is 141 Å². The summed E-state index contributed by atoms with van der Waals surface area (Å²) < 4.78 is 4.65. The van der Waals surface area contributed by atoms with Gasteiger partial charge in [0.25, 0.3) is 5.66 Å². The summed E-state index contributed by atoms with van der Waals surface area (Å²) in [6.45, 7) is 1.45. The molecule has 0 spiro atoms. The lowest BCUT2D eigenvalue weighted by Gasteiger charge is -2.18. The van der Waals surface area contributed by atoms with Crippen LogP contribution in [0.5, 0.6) is 0 Å². The summed E-state index contributed by atoms with van der Waals surface area (Å²) in [7, 11) is 0. The molecule has 0 saturated carbocycles. The molecule has 0 aliphatic carbocycles. The zero-order chi connectivity index (χ0) is 14.3. The van der Waals surface area contributed by atoms with E-state index in [-0.39, 0.29) is 11.5 Å². The van der Waals surface area contributed by atoms with Crippen LogP contribution in [0.2, 0.25) is 0 Å². The van der Waals surface area contributed by atoms with E-state index >= 15 is 0 Å². The molecule has 0 aliphatic heterocycles. The van der Waals surface area contributed by atoms with Gasteiger partial charge in [0.15, 0.2) is 0 Å². The number of rotatable bonds is 6. The first-order chi connectivity index (χ1) is 9.12. The van der Waals surface area contributed by atoms with Crippen LogP contribution >= 0.6 is 11.3 Å². The Labute approximate surface area is 111 Å². The molecule has 0 saturated heterocycles. The molecule has 9 nitrogen and oxygen atoms in total. The Balaban J connectivity index is 3.39. The molecule has 10 heteroatoms. The number of carbonyl (C=O) groups is 2. The molecule has 0 unspecified atom stereocenters. The number of azide groups is 1. The maximum absolute atomic E-state index is 12.2. The van der Waals surface area contributed by atoms with Gasteiger partial charge in [0.1, 0.15) is 0 Å². The second-order valence-corrected chi connectivity index (χ2v) is 4.03. The summed E-state index contributed by atoms with van der Waals surface area (Å²) in [6, 6.07) is 2.99. The van der Waals surface area contributed by atoms with Gasteiger partial charge in [-0.2, -0.15) is 0 Å². The average molecular weight is 280 g/mol. The molecule has 0 bridgehead atoms. The highest BCUT2D eigenvalue weighted by Gasteiger charge is 2.47. The number of Topliss-reactive ketones (excluding diaryl/α,β-unsaturated/α-hetero) is 1. The molecular formula is C9H8N6O3S. The van der Waals surface area contributed by atoms with Gasteiger partial charge in [0.05, 0.1) is 11.5 Å². The van der Waals surface area contributed by atoms with Crippen molar-refractivity contribution in [3.8, 4) is 0 Å². The van der Waals surface area contributed by atoms with Gasteiger partial charge < -0.3 is 4.74 Å². The van der Waals surface area contributed by atoms with Crippen molar-refractivity contribution in [2.75, 3.05) is 6.61 Å². The number of hydrogen-bond donors (Lipinski definition) is 0. The van der Waals surface area contributed by atoms with Gasteiger partial charge in [-0.3, -0.25) is 9.59 Å². The highest BCUT2D eigenvalue weighted by Crippen LogP contribution is 2.25. The van der Waals surface area contributed by atoms with E-state index in [1.54, 1.807) is 11.4 Å². The summed E-state index contributed by atoms with van der Waals surface area (Å²) in [5.41, 5.74) is 14.4. The molecule has 98 valence electrons.